The summed E-state index contributed by atoms with van der Waals surface area (Å²) in [4.78, 5) is 17.2. The molecule has 5 heteroatoms. The highest BCUT2D eigenvalue weighted by Gasteiger charge is 2.53. The van der Waals surface area contributed by atoms with E-state index in [0.717, 1.165) is 38.0 Å². The molecule has 1 saturated carbocycles. The van der Waals surface area contributed by atoms with Gasteiger partial charge in [0, 0.05) is 24.5 Å². The van der Waals surface area contributed by atoms with Crippen molar-refractivity contribution in [3.63, 3.8) is 0 Å². The highest BCUT2D eigenvalue weighted by Crippen LogP contribution is 2.54. The highest BCUT2D eigenvalue weighted by atomic mass is 16.5. The molecule has 1 spiro atoms. The number of hydrogen-bond acceptors (Lipinski definition) is 3. The van der Waals surface area contributed by atoms with Crippen molar-refractivity contribution in [3.8, 4) is 5.75 Å². The normalized spacial score (nSPS) is 25.4. The van der Waals surface area contributed by atoms with Crippen molar-refractivity contribution in [3.05, 3.63) is 77.4 Å². The van der Waals surface area contributed by atoms with Crippen LogP contribution in [0.15, 0.2) is 66.2 Å². The molecule has 1 saturated heterocycles. The van der Waals surface area contributed by atoms with Gasteiger partial charge in [-0.1, -0.05) is 54.1 Å². The summed E-state index contributed by atoms with van der Waals surface area (Å²) in [5, 5.41) is 3.15. The average molecular weight is 462 g/mol. The number of ether oxygens (including phenoxy) is 1. The third-order valence-corrected chi connectivity index (χ3v) is 7.96. The Labute approximate surface area is 204 Å². The van der Waals surface area contributed by atoms with Crippen LogP contribution in [0, 0.1) is 0 Å². The van der Waals surface area contributed by atoms with Crippen LogP contribution in [0.25, 0.3) is 0 Å². The lowest BCUT2D eigenvalue weighted by molar-refractivity contribution is 0.0546. The number of hydrogen-bond donors (Lipinski definition) is 1. The van der Waals surface area contributed by atoms with Crippen LogP contribution in [0.1, 0.15) is 56.7 Å². The van der Waals surface area contributed by atoms with E-state index in [-0.39, 0.29) is 23.0 Å². The minimum absolute atomic E-state index is 0.0432. The van der Waals surface area contributed by atoms with Gasteiger partial charge in [-0.2, -0.15) is 0 Å². The van der Waals surface area contributed by atoms with Crippen molar-refractivity contribution in [2.24, 2.45) is 0 Å². The van der Waals surface area contributed by atoms with Crippen molar-refractivity contribution >= 4 is 6.03 Å². The Kier molecular flexibility index (Phi) is 7.04. The molecule has 5 nitrogen and oxygen atoms in total. The van der Waals surface area contributed by atoms with Crippen molar-refractivity contribution in [2.45, 2.75) is 56.5 Å². The van der Waals surface area contributed by atoms with Gasteiger partial charge in [0.25, 0.3) is 0 Å². The van der Waals surface area contributed by atoms with E-state index in [2.05, 4.69) is 104 Å². The second-order valence-corrected chi connectivity index (χ2v) is 10.4. The predicted octanol–water partition coefficient (Wildman–Crippen LogP) is 5.54. The molecule has 2 aliphatic rings. The Morgan fingerprint density at radius 2 is 1.71 bits per heavy atom. The number of nitrogens with zero attached hydrogens (tertiary/aromatic N) is 2. The van der Waals surface area contributed by atoms with Crippen molar-refractivity contribution in [1.82, 2.24) is 15.1 Å². The maximum Gasteiger partial charge on any atom is 0.318 e. The maximum absolute atomic E-state index is 12.8. The lowest BCUT2D eigenvalue weighted by Crippen LogP contribution is -2.54. The van der Waals surface area contributed by atoms with Gasteiger partial charge in [0.2, 0.25) is 0 Å². The molecule has 1 N–H and O–H groups in total. The predicted molar refractivity (Wildman–Crippen MR) is 138 cm³/mol. The zero-order valence-corrected chi connectivity index (χ0v) is 21.3. The molecule has 1 aliphatic carbocycles. The number of benzene rings is 2. The van der Waals surface area contributed by atoms with Gasteiger partial charge in [0.1, 0.15) is 5.75 Å². The molecule has 1 unspecified atom stereocenters. The minimum Gasteiger partial charge on any atom is -0.497 e. The Hall–Kier alpha value is -2.79. The second-order valence-electron chi connectivity index (χ2n) is 10.4. The molecule has 0 aromatic heterocycles. The molecule has 2 aromatic carbocycles. The maximum atomic E-state index is 12.8. The smallest absolute Gasteiger partial charge is 0.318 e. The summed E-state index contributed by atoms with van der Waals surface area (Å²) >= 11 is 0. The number of methoxy groups -OCH3 is 1. The van der Waals surface area contributed by atoms with Gasteiger partial charge in [-0.15, -0.1) is 0 Å². The van der Waals surface area contributed by atoms with Gasteiger partial charge in [0.15, 0.2) is 0 Å². The number of rotatable bonds is 7. The van der Waals surface area contributed by atoms with Gasteiger partial charge in [-0.3, -0.25) is 0 Å². The summed E-state index contributed by atoms with van der Waals surface area (Å²) in [5.74, 6) is 0.878. The van der Waals surface area contributed by atoms with Crippen molar-refractivity contribution in [2.75, 3.05) is 34.3 Å². The van der Waals surface area contributed by atoms with Gasteiger partial charge in [-0.25, -0.2) is 4.79 Å². The number of carbonyl (C=O) groups is 1. The summed E-state index contributed by atoms with van der Waals surface area (Å²) in [6.45, 7) is 5.61. The highest BCUT2D eigenvalue weighted by molar-refractivity contribution is 5.78. The van der Waals surface area contributed by atoms with E-state index in [1.165, 1.54) is 16.7 Å². The SMILES string of the molecule is COc1ccc(C(N(C)C)C2(c3ccccc3)CCC3(CC2)CNC(=O)N3CC=C(C)C)cc1. The summed E-state index contributed by atoms with van der Waals surface area (Å²) in [5.41, 5.74) is 3.77. The molecule has 2 fully saturated rings. The number of urea groups is 1. The fraction of sp³-hybridized carbons (Fsp3) is 0.483. The largest absolute Gasteiger partial charge is 0.497 e. The summed E-state index contributed by atoms with van der Waals surface area (Å²) in [6, 6.07) is 19.8. The Morgan fingerprint density at radius 1 is 1.06 bits per heavy atom. The molecule has 1 heterocycles. The van der Waals surface area contributed by atoms with Gasteiger partial charge in [0.05, 0.1) is 12.6 Å². The van der Waals surface area contributed by atoms with Crippen LogP contribution < -0.4 is 10.1 Å². The second kappa shape index (κ2) is 9.83. The van der Waals surface area contributed by atoms with E-state index in [0.29, 0.717) is 6.54 Å². The quantitative estimate of drug-likeness (QED) is 0.551. The van der Waals surface area contributed by atoms with E-state index in [1.807, 2.05) is 0 Å². The summed E-state index contributed by atoms with van der Waals surface area (Å²) in [6.07, 6.45) is 6.18. The van der Waals surface area contributed by atoms with E-state index < -0.39 is 0 Å². The van der Waals surface area contributed by atoms with E-state index in [1.54, 1.807) is 7.11 Å². The average Bonchev–Trinajstić information content (AvgIpc) is 3.15. The molecular weight excluding hydrogens is 422 g/mol. The lowest BCUT2D eigenvalue weighted by atomic mass is 9.59. The zero-order valence-electron chi connectivity index (χ0n) is 21.3. The zero-order chi connectivity index (χ0) is 24.3. The summed E-state index contributed by atoms with van der Waals surface area (Å²) in [7, 11) is 6.08. The molecule has 34 heavy (non-hydrogen) atoms. The molecule has 0 radical (unpaired) electrons. The number of amides is 2. The molecule has 0 bridgehead atoms. The number of carbonyl (C=O) groups excluding carboxylic acids is 1. The Bertz CT molecular complexity index is 1000. The first-order valence-corrected chi connectivity index (χ1v) is 12.4. The monoisotopic (exact) mass is 461 g/mol. The third kappa shape index (κ3) is 4.46. The van der Waals surface area contributed by atoms with Crippen molar-refractivity contribution < 1.29 is 9.53 Å². The number of likely N-dealkylation sites (N-methyl/N-ethyl adjacent to an activating group) is 1. The molecule has 4 rings (SSSR count). The van der Waals surface area contributed by atoms with E-state index in [9.17, 15) is 4.79 Å². The van der Waals surface area contributed by atoms with Crippen LogP contribution in [-0.4, -0.2) is 55.7 Å². The first kappa shape index (κ1) is 24.3. The van der Waals surface area contributed by atoms with Gasteiger partial charge < -0.3 is 19.9 Å². The molecule has 1 aliphatic heterocycles. The molecule has 182 valence electrons. The van der Waals surface area contributed by atoms with Crippen LogP contribution >= 0.6 is 0 Å². The van der Waals surface area contributed by atoms with E-state index in [4.69, 9.17) is 4.74 Å². The van der Waals surface area contributed by atoms with Crippen LogP contribution in [-0.2, 0) is 5.41 Å². The standard InChI is InChI=1S/C29H39N3O2/c1-22(2)15-20-32-27(33)30-21-28(32)16-18-29(19-17-28,24-9-7-6-8-10-24)26(31(3)4)23-11-13-25(34-5)14-12-23/h6-15,26H,16-21H2,1-5H3,(H,30,33). The topological polar surface area (TPSA) is 44.8 Å². The minimum atomic E-state index is -0.113. The first-order valence-electron chi connectivity index (χ1n) is 12.4. The molecular formula is C29H39N3O2. The van der Waals surface area contributed by atoms with Crippen molar-refractivity contribution in [1.29, 1.82) is 0 Å². The number of allylic oxidation sites excluding steroid dienone is 1. The van der Waals surface area contributed by atoms with Crippen LogP contribution in [0.3, 0.4) is 0 Å². The fourth-order valence-electron chi connectivity index (χ4n) is 6.19. The third-order valence-electron chi connectivity index (χ3n) is 7.96. The first-order chi connectivity index (χ1) is 16.3. The van der Waals surface area contributed by atoms with E-state index >= 15 is 0 Å². The fourth-order valence-corrected chi connectivity index (χ4v) is 6.19. The van der Waals surface area contributed by atoms with Gasteiger partial charge >= 0.3 is 6.03 Å². The lowest BCUT2D eigenvalue weighted by Gasteiger charge is -2.52. The molecule has 2 aromatic rings. The number of nitrogens with one attached hydrogen (secondary N) is 1. The van der Waals surface area contributed by atoms with Gasteiger partial charge in [-0.05, 0) is 76.9 Å². The van der Waals surface area contributed by atoms with Crippen LogP contribution in [0.5, 0.6) is 5.75 Å². The molecule has 1 atom stereocenters. The van der Waals surface area contributed by atoms with Crippen LogP contribution in [0.2, 0.25) is 0 Å². The van der Waals surface area contributed by atoms with Crippen LogP contribution in [0.4, 0.5) is 4.79 Å². The Morgan fingerprint density at radius 3 is 2.26 bits per heavy atom. The Balaban J connectivity index is 1.72. The molecule has 2 amide bonds. The summed E-state index contributed by atoms with van der Waals surface area (Å²) < 4.78 is 5.43.